The number of allylic oxidation sites excluding steroid dienone is 4. The summed E-state index contributed by atoms with van der Waals surface area (Å²) >= 11 is 3.60. The molecule has 4 aliphatic rings. The molecule has 0 unspecified atom stereocenters. The van der Waals surface area contributed by atoms with E-state index in [-0.39, 0.29) is 23.2 Å². The highest BCUT2D eigenvalue weighted by Gasteiger charge is 2.56. The van der Waals surface area contributed by atoms with Crippen LogP contribution in [0.2, 0.25) is 0 Å². The van der Waals surface area contributed by atoms with Crippen molar-refractivity contribution in [3.63, 3.8) is 0 Å². The lowest BCUT2D eigenvalue weighted by Gasteiger charge is -2.52. The molecular formula is C25H27BrO3. The van der Waals surface area contributed by atoms with Crippen molar-refractivity contribution in [1.82, 2.24) is 0 Å². The summed E-state index contributed by atoms with van der Waals surface area (Å²) in [5.41, 5.74) is 6.01. The van der Waals surface area contributed by atoms with Crippen LogP contribution in [0.25, 0.3) is 0 Å². The maximum Gasteiger partial charge on any atom is 0.170 e. The van der Waals surface area contributed by atoms with Crippen LogP contribution in [0.1, 0.15) is 73.7 Å². The number of aliphatic hydroxyl groups is 1. The largest absolute Gasteiger partial charge is 0.393 e. The molecule has 1 aromatic rings. The Labute approximate surface area is 180 Å². The van der Waals surface area contributed by atoms with E-state index < -0.39 is 0 Å². The zero-order chi connectivity index (χ0) is 20.3. The summed E-state index contributed by atoms with van der Waals surface area (Å²) < 4.78 is 0.791. The van der Waals surface area contributed by atoms with Crippen LogP contribution in [0.4, 0.5) is 0 Å². The summed E-state index contributed by atoms with van der Waals surface area (Å²) in [6.45, 7) is 2.29. The molecule has 0 amide bonds. The Morgan fingerprint density at radius 1 is 1.07 bits per heavy atom. The van der Waals surface area contributed by atoms with Crippen LogP contribution >= 0.6 is 15.9 Å². The minimum atomic E-state index is -0.243. The monoisotopic (exact) mass is 454 g/mol. The highest BCUT2D eigenvalue weighted by molar-refractivity contribution is 9.12. The Balaban J connectivity index is 1.69. The maximum atomic E-state index is 12.3. The van der Waals surface area contributed by atoms with Crippen molar-refractivity contribution in [1.29, 1.82) is 0 Å². The lowest BCUT2D eigenvalue weighted by molar-refractivity contribution is -0.115. The van der Waals surface area contributed by atoms with Crippen molar-refractivity contribution in [3.8, 4) is 0 Å². The Morgan fingerprint density at radius 2 is 1.83 bits per heavy atom. The average Bonchev–Trinajstić information content (AvgIpc) is 3.04. The third-order valence-electron chi connectivity index (χ3n) is 8.27. The van der Waals surface area contributed by atoms with Crippen LogP contribution in [0.15, 0.2) is 45.5 Å². The number of hydrogen-bond donors (Lipinski definition) is 1. The molecule has 3 nitrogen and oxygen atoms in total. The lowest BCUT2D eigenvalue weighted by Crippen LogP contribution is -2.45. The van der Waals surface area contributed by atoms with Gasteiger partial charge in [0, 0.05) is 17.9 Å². The fraction of sp³-hybridized carbons (Fsp3) is 0.520. The van der Waals surface area contributed by atoms with E-state index in [0.29, 0.717) is 23.8 Å². The van der Waals surface area contributed by atoms with Crippen LogP contribution < -0.4 is 0 Å². The van der Waals surface area contributed by atoms with Crippen LogP contribution in [0.3, 0.4) is 0 Å². The molecule has 2 saturated carbocycles. The molecule has 1 aromatic carbocycles. The third-order valence-corrected chi connectivity index (χ3v) is 9.19. The Kier molecular flexibility index (Phi) is 4.71. The minimum Gasteiger partial charge on any atom is -0.393 e. The lowest BCUT2D eigenvalue weighted by atomic mass is 9.53. The predicted molar refractivity (Wildman–Crippen MR) is 116 cm³/mol. The van der Waals surface area contributed by atoms with Gasteiger partial charge in [-0.1, -0.05) is 36.8 Å². The Hall–Kier alpha value is -1.52. The molecule has 0 aromatic heterocycles. The van der Waals surface area contributed by atoms with Gasteiger partial charge < -0.3 is 5.11 Å². The molecule has 2 fully saturated rings. The van der Waals surface area contributed by atoms with Gasteiger partial charge in [0.1, 0.15) is 6.29 Å². The van der Waals surface area contributed by atoms with Crippen molar-refractivity contribution in [2.75, 3.05) is 0 Å². The third kappa shape index (κ3) is 2.86. The van der Waals surface area contributed by atoms with E-state index in [1.807, 2.05) is 12.1 Å². The topological polar surface area (TPSA) is 54.4 Å². The van der Waals surface area contributed by atoms with Crippen molar-refractivity contribution >= 4 is 28.0 Å². The number of rotatable bonds is 2. The van der Waals surface area contributed by atoms with Gasteiger partial charge in [-0.2, -0.15) is 0 Å². The summed E-state index contributed by atoms with van der Waals surface area (Å²) in [4.78, 5) is 23.4. The first-order valence-electron chi connectivity index (χ1n) is 10.8. The fourth-order valence-electron chi connectivity index (χ4n) is 6.79. The van der Waals surface area contributed by atoms with E-state index in [2.05, 4.69) is 35.0 Å². The van der Waals surface area contributed by atoms with Crippen LogP contribution in [-0.2, 0) is 4.79 Å². The fourth-order valence-corrected chi connectivity index (χ4v) is 7.43. The van der Waals surface area contributed by atoms with Gasteiger partial charge in [-0.25, -0.2) is 0 Å². The molecule has 0 aliphatic heterocycles. The highest BCUT2D eigenvalue weighted by atomic mass is 79.9. The predicted octanol–water partition coefficient (Wildman–Crippen LogP) is 5.48. The number of halogens is 1. The molecule has 1 N–H and O–H groups in total. The number of hydrogen-bond acceptors (Lipinski definition) is 3. The first-order valence-corrected chi connectivity index (χ1v) is 11.6. The Bertz CT molecular complexity index is 941. The van der Waals surface area contributed by atoms with E-state index in [0.717, 1.165) is 49.3 Å². The number of carbonyl (C=O) groups excluding carboxylic acids is 2. The van der Waals surface area contributed by atoms with Crippen LogP contribution in [-0.4, -0.2) is 23.3 Å². The SMILES string of the molecule is C[C@]12C[C@H](c3ccc(C=O)cc3)C3=C4CCC(=O)C(Br)=C4CC[C@H]3[C@@H]1CC[C@@H]2O. The zero-order valence-corrected chi connectivity index (χ0v) is 18.4. The second-order valence-electron chi connectivity index (χ2n) is 9.54. The molecule has 5 rings (SSSR count). The second kappa shape index (κ2) is 7.02. The van der Waals surface area contributed by atoms with Gasteiger partial charge in [0.2, 0.25) is 0 Å². The first-order chi connectivity index (χ1) is 13.9. The van der Waals surface area contributed by atoms with Gasteiger partial charge in [-0.3, -0.25) is 9.59 Å². The number of aliphatic hydroxyl groups excluding tert-OH is 1. The molecule has 0 spiro atoms. The summed E-state index contributed by atoms with van der Waals surface area (Å²) in [5.74, 6) is 1.47. The first kappa shape index (κ1) is 19.4. The summed E-state index contributed by atoms with van der Waals surface area (Å²) in [6, 6.07) is 7.99. The molecule has 0 radical (unpaired) electrons. The number of fused-ring (bicyclic) bond motifs is 4. The average molecular weight is 455 g/mol. The molecule has 0 bridgehead atoms. The van der Waals surface area contributed by atoms with Gasteiger partial charge >= 0.3 is 0 Å². The van der Waals surface area contributed by atoms with E-state index in [1.54, 1.807) is 0 Å². The molecular weight excluding hydrogens is 428 g/mol. The number of ketones is 1. The second-order valence-corrected chi connectivity index (χ2v) is 10.3. The van der Waals surface area contributed by atoms with Crippen LogP contribution in [0.5, 0.6) is 0 Å². The van der Waals surface area contributed by atoms with E-state index in [9.17, 15) is 14.7 Å². The number of aldehydes is 1. The number of carbonyl (C=O) groups is 2. The van der Waals surface area contributed by atoms with E-state index >= 15 is 0 Å². The normalized spacial score (nSPS) is 36.6. The standard InChI is InChI=1S/C25H27BrO3/c1-25-12-19(15-4-2-14(13-27)3-5-15)23-16-8-10-21(28)24(26)17(16)6-7-18(23)20(25)9-11-22(25)29/h2-5,13,18-20,22,29H,6-12H2,1H3/t18-,19+,20-,22-,25-/m0/s1. The van der Waals surface area contributed by atoms with Crippen molar-refractivity contribution in [3.05, 3.63) is 56.6 Å². The molecule has 152 valence electrons. The molecule has 5 atom stereocenters. The van der Waals surface area contributed by atoms with Crippen molar-refractivity contribution in [2.24, 2.45) is 17.3 Å². The van der Waals surface area contributed by atoms with Crippen molar-refractivity contribution in [2.45, 2.75) is 63.9 Å². The summed E-state index contributed by atoms with van der Waals surface area (Å²) in [5, 5.41) is 10.9. The molecule has 0 heterocycles. The highest BCUT2D eigenvalue weighted by Crippen LogP contribution is 2.64. The number of Topliss-reactive ketones (excluding diaryl/α,β-unsaturated/α-hetero) is 1. The van der Waals surface area contributed by atoms with Crippen LogP contribution in [0, 0.1) is 17.3 Å². The molecule has 29 heavy (non-hydrogen) atoms. The van der Waals surface area contributed by atoms with E-state index in [1.165, 1.54) is 22.3 Å². The Morgan fingerprint density at radius 3 is 2.55 bits per heavy atom. The summed E-state index contributed by atoms with van der Waals surface area (Å²) in [6.07, 6.45) is 7.00. The molecule has 0 saturated heterocycles. The van der Waals surface area contributed by atoms with Gasteiger partial charge in [0.05, 0.1) is 10.6 Å². The maximum absolute atomic E-state index is 12.3. The minimum absolute atomic E-state index is 0.0638. The van der Waals surface area contributed by atoms with Gasteiger partial charge in [-0.05, 0) is 88.4 Å². The van der Waals surface area contributed by atoms with Gasteiger partial charge in [-0.15, -0.1) is 0 Å². The van der Waals surface area contributed by atoms with Gasteiger partial charge in [0.25, 0.3) is 0 Å². The number of benzene rings is 1. The summed E-state index contributed by atoms with van der Waals surface area (Å²) in [7, 11) is 0. The molecule has 4 heteroatoms. The van der Waals surface area contributed by atoms with E-state index in [4.69, 9.17) is 0 Å². The van der Waals surface area contributed by atoms with Crippen molar-refractivity contribution < 1.29 is 14.7 Å². The van der Waals surface area contributed by atoms with Gasteiger partial charge in [0.15, 0.2) is 5.78 Å². The zero-order valence-electron chi connectivity index (χ0n) is 16.8. The smallest absolute Gasteiger partial charge is 0.170 e. The quantitative estimate of drug-likeness (QED) is 0.601. The molecule has 4 aliphatic carbocycles.